The molecule has 0 rings (SSSR count). The van der Waals surface area contributed by atoms with E-state index in [2.05, 4.69) is 26.1 Å². The normalized spacial score (nSPS) is 13.8. The van der Waals surface area contributed by atoms with Gasteiger partial charge < -0.3 is 5.32 Å². The van der Waals surface area contributed by atoms with Gasteiger partial charge in [-0.25, -0.2) is 0 Å². The van der Waals surface area contributed by atoms with Crippen LogP contribution in [0.25, 0.3) is 0 Å². The molecule has 0 aromatic heterocycles. The molecule has 0 saturated heterocycles. The van der Waals surface area contributed by atoms with Crippen LogP contribution < -0.4 is 5.32 Å². The van der Waals surface area contributed by atoms with Crippen molar-refractivity contribution in [1.82, 2.24) is 5.32 Å². The van der Waals surface area contributed by atoms with Crippen molar-refractivity contribution in [3.8, 4) is 0 Å². The first kappa shape index (κ1) is 12.0. The summed E-state index contributed by atoms with van der Waals surface area (Å²) in [6.07, 6.45) is 5.47. The Morgan fingerprint density at radius 2 is 1.83 bits per heavy atom. The second-order valence-corrected chi connectivity index (χ2v) is 4.04. The first-order valence-electron chi connectivity index (χ1n) is 5.37. The zero-order chi connectivity index (χ0) is 9.40. The molecule has 0 aliphatic rings. The molecule has 0 spiro atoms. The minimum absolute atomic E-state index is 0.863. The third-order valence-corrected chi connectivity index (χ3v) is 2.60. The number of rotatable bonds is 7. The first-order valence-corrected chi connectivity index (χ1v) is 5.37. The van der Waals surface area contributed by atoms with Gasteiger partial charge in [0.2, 0.25) is 0 Å². The number of hydrogen-bond acceptors (Lipinski definition) is 1. The molecule has 0 aromatic carbocycles. The second kappa shape index (κ2) is 7.60. The fourth-order valence-corrected chi connectivity index (χ4v) is 1.72. The van der Waals surface area contributed by atoms with Crippen LogP contribution in [0.1, 0.15) is 46.5 Å². The maximum Gasteiger partial charge on any atom is -0.00518 e. The summed E-state index contributed by atoms with van der Waals surface area (Å²) >= 11 is 0. The van der Waals surface area contributed by atoms with Crippen LogP contribution in [0.5, 0.6) is 0 Å². The smallest absolute Gasteiger partial charge is 0.00518 e. The van der Waals surface area contributed by atoms with Crippen molar-refractivity contribution in [2.75, 3.05) is 13.6 Å². The minimum atomic E-state index is 0.863. The van der Waals surface area contributed by atoms with Gasteiger partial charge in [-0.05, 0) is 38.3 Å². The number of hydrogen-bond donors (Lipinski definition) is 1. The molecule has 0 radical (unpaired) electrons. The van der Waals surface area contributed by atoms with Gasteiger partial charge >= 0.3 is 0 Å². The molecule has 0 heterocycles. The van der Waals surface area contributed by atoms with E-state index in [0.717, 1.165) is 11.8 Å². The molecule has 1 nitrogen and oxygen atoms in total. The van der Waals surface area contributed by atoms with Gasteiger partial charge in [-0.2, -0.15) is 0 Å². The maximum absolute atomic E-state index is 3.20. The highest BCUT2D eigenvalue weighted by atomic mass is 14.8. The summed E-state index contributed by atoms with van der Waals surface area (Å²) in [5.41, 5.74) is 0. The summed E-state index contributed by atoms with van der Waals surface area (Å²) in [6, 6.07) is 0. The minimum Gasteiger partial charge on any atom is -0.320 e. The standard InChI is InChI=1S/C11H25N/c1-5-7-11(10(2)3)8-6-9-12-4/h10-12H,5-9H2,1-4H3. The molecular weight excluding hydrogens is 146 g/mol. The van der Waals surface area contributed by atoms with Gasteiger partial charge in [-0.15, -0.1) is 0 Å². The van der Waals surface area contributed by atoms with Crippen LogP contribution in [-0.2, 0) is 0 Å². The Balaban J connectivity index is 3.49. The van der Waals surface area contributed by atoms with Crippen LogP contribution in [0, 0.1) is 11.8 Å². The molecule has 0 bridgehead atoms. The van der Waals surface area contributed by atoms with E-state index < -0.39 is 0 Å². The summed E-state index contributed by atoms with van der Waals surface area (Å²) in [5.74, 6) is 1.81. The highest BCUT2D eigenvalue weighted by molar-refractivity contribution is 4.63. The van der Waals surface area contributed by atoms with E-state index >= 15 is 0 Å². The van der Waals surface area contributed by atoms with Gasteiger partial charge in [-0.1, -0.05) is 33.6 Å². The zero-order valence-electron chi connectivity index (χ0n) is 9.19. The number of nitrogens with one attached hydrogen (secondary N) is 1. The predicted octanol–water partition coefficient (Wildman–Crippen LogP) is 3.06. The quantitative estimate of drug-likeness (QED) is 0.580. The lowest BCUT2D eigenvalue weighted by Gasteiger charge is -2.19. The molecule has 12 heavy (non-hydrogen) atoms. The van der Waals surface area contributed by atoms with Gasteiger partial charge in [-0.3, -0.25) is 0 Å². The molecule has 1 N–H and O–H groups in total. The molecule has 1 heteroatoms. The SMILES string of the molecule is CCCC(CCCNC)C(C)C. The van der Waals surface area contributed by atoms with E-state index in [0.29, 0.717) is 0 Å². The Labute approximate surface area is 77.9 Å². The van der Waals surface area contributed by atoms with Gasteiger partial charge in [0.1, 0.15) is 0 Å². The van der Waals surface area contributed by atoms with Crippen molar-refractivity contribution in [1.29, 1.82) is 0 Å². The molecular formula is C11H25N. The largest absolute Gasteiger partial charge is 0.320 e. The van der Waals surface area contributed by atoms with E-state index in [4.69, 9.17) is 0 Å². The van der Waals surface area contributed by atoms with Crippen molar-refractivity contribution in [2.45, 2.75) is 46.5 Å². The first-order chi connectivity index (χ1) is 5.72. The molecule has 0 fully saturated rings. The summed E-state index contributed by atoms with van der Waals surface area (Å²) in [7, 11) is 2.03. The second-order valence-electron chi connectivity index (χ2n) is 4.04. The van der Waals surface area contributed by atoms with Gasteiger partial charge in [0.05, 0.1) is 0 Å². The van der Waals surface area contributed by atoms with E-state index in [1.54, 1.807) is 0 Å². The average molecular weight is 171 g/mol. The van der Waals surface area contributed by atoms with Crippen molar-refractivity contribution < 1.29 is 0 Å². The Hall–Kier alpha value is -0.0400. The van der Waals surface area contributed by atoms with Crippen molar-refractivity contribution in [3.63, 3.8) is 0 Å². The monoisotopic (exact) mass is 171 g/mol. The summed E-state index contributed by atoms with van der Waals surface area (Å²) < 4.78 is 0. The Morgan fingerprint density at radius 3 is 2.25 bits per heavy atom. The van der Waals surface area contributed by atoms with E-state index in [1.165, 1.54) is 32.2 Å². The van der Waals surface area contributed by atoms with E-state index in [9.17, 15) is 0 Å². The van der Waals surface area contributed by atoms with Gasteiger partial charge in [0, 0.05) is 0 Å². The fraction of sp³-hybridized carbons (Fsp3) is 1.00. The van der Waals surface area contributed by atoms with Crippen molar-refractivity contribution >= 4 is 0 Å². The molecule has 0 amide bonds. The lowest BCUT2D eigenvalue weighted by molar-refractivity contribution is 0.325. The Morgan fingerprint density at radius 1 is 1.17 bits per heavy atom. The summed E-state index contributed by atoms with van der Waals surface area (Å²) in [5, 5.41) is 3.20. The molecule has 0 aromatic rings. The molecule has 0 saturated carbocycles. The van der Waals surface area contributed by atoms with Crippen LogP contribution in [0.3, 0.4) is 0 Å². The average Bonchev–Trinajstić information content (AvgIpc) is 2.03. The molecule has 1 atom stereocenters. The van der Waals surface area contributed by atoms with Crippen molar-refractivity contribution in [3.05, 3.63) is 0 Å². The lowest BCUT2D eigenvalue weighted by atomic mass is 9.87. The van der Waals surface area contributed by atoms with Crippen LogP contribution in [-0.4, -0.2) is 13.6 Å². The third kappa shape index (κ3) is 5.59. The molecule has 74 valence electrons. The Bertz CT molecular complexity index is 89.0. The zero-order valence-corrected chi connectivity index (χ0v) is 9.19. The predicted molar refractivity (Wildman–Crippen MR) is 56.4 cm³/mol. The summed E-state index contributed by atoms with van der Waals surface area (Å²) in [4.78, 5) is 0. The van der Waals surface area contributed by atoms with Crippen molar-refractivity contribution in [2.24, 2.45) is 11.8 Å². The molecule has 0 aliphatic carbocycles. The third-order valence-electron chi connectivity index (χ3n) is 2.60. The maximum atomic E-state index is 3.20. The van der Waals surface area contributed by atoms with E-state index in [-0.39, 0.29) is 0 Å². The fourth-order valence-electron chi connectivity index (χ4n) is 1.72. The lowest BCUT2D eigenvalue weighted by Crippen LogP contribution is -2.13. The Kier molecular flexibility index (Phi) is 7.58. The van der Waals surface area contributed by atoms with Gasteiger partial charge in [0.25, 0.3) is 0 Å². The highest BCUT2D eigenvalue weighted by Gasteiger charge is 2.10. The van der Waals surface area contributed by atoms with Crippen LogP contribution in [0.15, 0.2) is 0 Å². The topological polar surface area (TPSA) is 12.0 Å². The van der Waals surface area contributed by atoms with Crippen LogP contribution >= 0.6 is 0 Å². The van der Waals surface area contributed by atoms with E-state index in [1.807, 2.05) is 7.05 Å². The molecule has 1 unspecified atom stereocenters. The van der Waals surface area contributed by atoms with Crippen LogP contribution in [0.2, 0.25) is 0 Å². The summed E-state index contributed by atoms with van der Waals surface area (Å²) in [6.45, 7) is 8.15. The van der Waals surface area contributed by atoms with Crippen LogP contribution in [0.4, 0.5) is 0 Å². The van der Waals surface area contributed by atoms with Gasteiger partial charge in [0.15, 0.2) is 0 Å². The highest BCUT2D eigenvalue weighted by Crippen LogP contribution is 2.21. The molecule has 0 aliphatic heterocycles.